The minimum absolute atomic E-state index is 0.703. The van der Waals surface area contributed by atoms with Gasteiger partial charge >= 0.3 is 0 Å². The molecule has 0 aliphatic rings. The fraction of sp³-hybridized carbons (Fsp3) is 0.190. The van der Waals surface area contributed by atoms with Gasteiger partial charge in [0.25, 0.3) is 0 Å². The number of hydrogen-bond acceptors (Lipinski definition) is 3. The SMILES string of the molecule is C=CCN(CC=C)Cc1c(-c2ccc(Cl)c(C)c2)nc2ccc(N)cn12. The molecule has 5 heteroatoms. The van der Waals surface area contributed by atoms with Crippen LogP contribution in [0.4, 0.5) is 5.69 Å². The van der Waals surface area contributed by atoms with E-state index in [1.807, 2.05) is 49.5 Å². The van der Waals surface area contributed by atoms with Crippen molar-refractivity contribution < 1.29 is 0 Å². The Bertz CT molecular complexity index is 948. The van der Waals surface area contributed by atoms with E-state index in [4.69, 9.17) is 22.3 Å². The van der Waals surface area contributed by atoms with Crippen LogP contribution in [0.3, 0.4) is 0 Å². The summed E-state index contributed by atoms with van der Waals surface area (Å²) >= 11 is 6.20. The molecule has 0 amide bonds. The Morgan fingerprint density at radius 1 is 1.19 bits per heavy atom. The molecule has 2 aromatic heterocycles. The molecule has 0 aliphatic heterocycles. The van der Waals surface area contributed by atoms with Gasteiger partial charge in [-0.25, -0.2) is 4.98 Å². The summed E-state index contributed by atoms with van der Waals surface area (Å²) in [6, 6.07) is 9.81. The minimum Gasteiger partial charge on any atom is -0.398 e. The van der Waals surface area contributed by atoms with Crippen molar-refractivity contribution in [1.29, 1.82) is 0 Å². The van der Waals surface area contributed by atoms with Crippen LogP contribution in [-0.2, 0) is 6.54 Å². The molecule has 0 saturated heterocycles. The molecule has 0 atom stereocenters. The zero-order valence-corrected chi connectivity index (χ0v) is 15.7. The summed E-state index contributed by atoms with van der Waals surface area (Å²) in [6.45, 7) is 12.0. The average molecular weight is 367 g/mol. The van der Waals surface area contributed by atoms with Crippen molar-refractivity contribution in [3.63, 3.8) is 0 Å². The quantitative estimate of drug-likeness (QED) is 0.615. The van der Waals surface area contributed by atoms with E-state index >= 15 is 0 Å². The molecule has 0 unspecified atom stereocenters. The Labute approximate surface area is 159 Å². The Morgan fingerprint density at radius 2 is 1.92 bits per heavy atom. The average Bonchev–Trinajstić information content (AvgIpc) is 2.96. The fourth-order valence-corrected chi connectivity index (χ4v) is 3.18. The number of imidazole rings is 1. The first-order valence-corrected chi connectivity index (χ1v) is 8.88. The van der Waals surface area contributed by atoms with Crippen molar-refractivity contribution >= 4 is 22.9 Å². The Balaban J connectivity index is 2.16. The number of nitrogens with zero attached hydrogens (tertiary/aromatic N) is 3. The number of nitrogen functional groups attached to an aromatic ring is 1. The molecule has 0 saturated carbocycles. The lowest BCUT2D eigenvalue weighted by molar-refractivity contribution is 0.323. The van der Waals surface area contributed by atoms with E-state index in [0.717, 1.165) is 46.3 Å². The van der Waals surface area contributed by atoms with Gasteiger partial charge in [-0.3, -0.25) is 4.90 Å². The van der Waals surface area contributed by atoms with E-state index in [-0.39, 0.29) is 0 Å². The number of halogens is 1. The highest BCUT2D eigenvalue weighted by molar-refractivity contribution is 6.31. The first kappa shape index (κ1) is 18.2. The summed E-state index contributed by atoms with van der Waals surface area (Å²) in [7, 11) is 0. The standard InChI is InChI=1S/C21H23ClN4/c1-4-10-25(11-5-2)14-19-21(16-6-8-18(22)15(3)12-16)24-20-9-7-17(23)13-26(19)20/h4-9,12-13H,1-2,10-11,14,23H2,3H3. The summed E-state index contributed by atoms with van der Waals surface area (Å²) in [5, 5.41) is 0.753. The third-order valence-corrected chi connectivity index (χ3v) is 4.74. The van der Waals surface area contributed by atoms with Crippen LogP contribution in [0.2, 0.25) is 5.02 Å². The second-order valence-electron chi connectivity index (χ2n) is 6.33. The Hall–Kier alpha value is -2.56. The van der Waals surface area contributed by atoms with Crippen molar-refractivity contribution in [3.8, 4) is 11.3 Å². The zero-order valence-electron chi connectivity index (χ0n) is 15.0. The molecule has 2 N–H and O–H groups in total. The maximum atomic E-state index is 6.20. The van der Waals surface area contributed by atoms with Gasteiger partial charge in [-0.05, 0) is 36.8 Å². The van der Waals surface area contributed by atoms with Crippen molar-refractivity contribution in [2.24, 2.45) is 0 Å². The van der Waals surface area contributed by atoms with E-state index in [1.165, 1.54) is 0 Å². The van der Waals surface area contributed by atoms with Crippen molar-refractivity contribution in [1.82, 2.24) is 14.3 Å². The molecule has 0 fully saturated rings. The molecule has 1 aromatic carbocycles. The summed E-state index contributed by atoms with van der Waals surface area (Å²) in [5.41, 5.74) is 11.7. The number of anilines is 1. The van der Waals surface area contributed by atoms with E-state index < -0.39 is 0 Å². The molecule has 0 aliphatic carbocycles. The van der Waals surface area contributed by atoms with Crippen LogP contribution in [0.25, 0.3) is 16.9 Å². The van der Waals surface area contributed by atoms with Crippen LogP contribution in [0.5, 0.6) is 0 Å². The molecule has 2 heterocycles. The molecule has 3 rings (SSSR count). The number of fused-ring (bicyclic) bond motifs is 1. The number of rotatable bonds is 7. The van der Waals surface area contributed by atoms with Gasteiger partial charge in [-0.15, -0.1) is 13.2 Å². The molecule has 0 radical (unpaired) electrons. The number of pyridine rings is 1. The normalized spacial score (nSPS) is 11.2. The highest BCUT2D eigenvalue weighted by Gasteiger charge is 2.17. The number of aryl methyl sites for hydroxylation is 1. The Morgan fingerprint density at radius 3 is 2.58 bits per heavy atom. The third-order valence-electron chi connectivity index (χ3n) is 4.32. The van der Waals surface area contributed by atoms with Gasteiger partial charge in [-0.2, -0.15) is 0 Å². The maximum Gasteiger partial charge on any atom is 0.137 e. The number of nitrogens with two attached hydrogens (primary N) is 1. The van der Waals surface area contributed by atoms with Crippen LogP contribution < -0.4 is 5.73 Å². The van der Waals surface area contributed by atoms with Crippen LogP contribution in [0, 0.1) is 6.92 Å². The summed E-state index contributed by atoms with van der Waals surface area (Å²) in [6.07, 6.45) is 5.71. The van der Waals surface area contributed by atoms with E-state index in [0.29, 0.717) is 12.2 Å². The molecule has 4 nitrogen and oxygen atoms in total. The van der Waals surface area contributed by atoms with Gasteiger partial charge in [0.1, 0.15) is 5.65 Å². The van der Waals surface area contributed by atoms with Gasteiger partial charge in [0.15, 0.2) is 0 Å². The lowest BCUT2D eigenvalue weighted by Gasteiger charge is -2.19. The second-order valence-corrected chi connectivity index (χ2v) is 6.74. The summed E-state index contributed by atoms with van der Waals surface area (Å²) < 4.78 is 2.06. The van der Waals surface area contributed by atoms with Gasteiger partial charge in [-0.1, -0.05) is 29.8 Å². The number of benzene rings is 1. The molecular formula is C21H23ClN4. The second kappa shape index (κ2) is 7.77. The van der Waals surface area contributed by atoms with Crippen LogP contribution in [0.1, 0.15) is 11.3 Å². The molecule has 134 valence electrons. The van der Waals surface area contributed by atoms with E-state index in [2.05, 4.69) is 28.5 Å². The summed E-state index contributed by atoms with van der Waals surface area (Å²) in [5.74, 6) is 0. The van der Waals surface area contributed by atoms with Crippen molar-refractivity contribution in [3.05, 3.63) is 78.1 Å². The van der Waals surface area contributed by atoms with E-state index in [9.17, 15) is 0 Å². The fourth-order valence-electron chi connectivity index (χ4n) is 3.06. The van der Waals surface area contributed by atoms with Gasteiger partial charge in [0.2, 0.25) is 0 Å². The van der Waals surface area contributed by atoms with E-state index in [1.54, 1.807) is 0 Å². The van der Waals surface area contributed by atoms with Gasteiger partial charge in [0, 0.05) is 42.1 Å². The number of hydrogen-bond donors (Lipinski definition) is 1. The van der Waals surface area contributed by atoms with Gasteiger partial charge in [0.05, 0.1) is 11.4 Å². The smallest absolute Gasteiger partial charge is 0.137 e. The zero-order chi connectivity index (χ0) is 18.7. The Kier molecular flexibility index (Phi) is 5.45. The molecular weight excluding hydrogens is 344 g/mol. The largest absolute Gasteiger partial charge is 0.398 e. The van der Waals surface area contributed by atoms with Crippen molar-refractivity contribution in [2.45, 2.75) is 13.5 Å². The third kappa shape index (κ3) is 3.66. The lowest BCUT2D eigenvalue weighted by atomic mass is 10.1. The first-order valence-electron chi connectivity index (χ1n) is 8.50. The van der Waals surface area contributed by atoms with Crippen LogP contribution in [0.15, 0.2) is 61.8 Å². The molecule has 0 spiro atoms. The lowest BCUT2D eigenvalue weighted by Crippen LogP contribution is -2.24. The number of aromatic nitrogens is 2. The highest BCUT2D eigenvalue weighted by Crippen LogP contribution is 2.29. The topological polar surface area (TPSA) is 46.6 Å². The minimum atomic E-state index is 0.703. The predicted octanol–water partition coefficient (Wildman–Crippen LogP) is 4.72. The van der Waals surface area contributed by atoms with Crippen LogP contribution >= 0.6 is 11.6 Å². The summed E-state index contributed by atoms with van der Waals surface area (Å²) in [4.78, 5) is 7.10. The monoisotopic (exact) mass is 366 g/mol. The highest BCUT2D eigenvalue weighted by atomic mass is 35.5. The van der Waals surface area contributed by atoms with Crippen molar-refractivity contribution in [2.75, 3.05) is 18.8 Å². The van der Waals surface area contributed by atoms with Gasteiger partial charge < -0.3 is 10.1 Å². The predicted molar refractivity (Wildman–Crippen MR) is 110 cm³/mol. The molecule has 0 bridgehead atoms. The molecule has 3 aromatic rings. The van der Waals surface area contributed by atoms with Crippen LogP contribution in [-0.4, -0.2) is 27.4 Å². The maximum absolute atomic E-state index is 6.20. The molecule has 26 heavy (non-hydrogen) atoms. The first-order chi connectivity index (χ1) is 12.5.